The zero-order valence-corrected chi connectivity index (χ0v) is 18.2. The van der Waals surface area contributed by atoms with Crippen molar-refractivity contribution >= 4 is 11.8 Å². The van der Waals surface area contributed by atoms with Crippen molar-refractivity contribution in [3.8, 4) is 5.75 Å². The number of carbonyl (C=O) groups is 1. The first-order valence-corrected chi connectivity index (χ1v) is 11.2. The fourth-order valence-corrected chi connectivity index (χ4v) is 3.46. The number of benzene rings is 1. The van der Waals surface area contributed by atoms with Crippen LogP contribution in [0, 0.1) is 0 Å². The Bertz CT molecular complexity index is 559. The lowest BCUT2D eigenvalue weighted by Crippen LogP contribution is -2.41. The molecule has 1 aliphatic heterocycles. The van der Waals surface area contributed by atoms with E-state index >= 15 is 0 Å². The number of amides is 1. The van der Waals surface area contributed by atoms with Crippen LogP contribution in [0.15, 0.2) is 24.3 Å². The molecule has 1 unspecified atom stereocenters. The van der Waals surface area contributed by atoms with E-state index in [1.54, 1.807) is 0 Å². The molecule has 0 bridgehead atoms. The van der Waals surface area contributed by atoms with Crippen LogP contribution < -0.4 is 10.1 Å². The van der Waals surface area contributed by atoms with Crippen LogP contribution in [0.25, 0.3) is 0 Å². The molecule has 0 saturated carbocycles. The molecule has 0 radical (unpaired) electrons. The van der Waals surface area contributed by atoms with Crippen molar-refractivity contribution in [3.05, 3.63) is 24.3 Å². The zero-order valence-electron chi connectivity index (χ0n) is 18.2. The molecule has 1 saturated heterocycles. The van der Waals surface area contributed by atoms with Gasteiger partial charge in [-0.25, -0.2) is 4.79 Å². The van der Waals surface area contributed by atoms with Crippen molar-refractivity contribution in [1.82, 2.24) is 4.90 Å². The van der Waals surface area contributed by atoms with Crippen molar-refractivity contribution < 1.29 is 19.0 Å². The number of nitrogens with zero attached hydrogens (tertiary/aromatic N) is 1. The zero-order chi connectivity index (χ0) is 20.7. The molecule has 0 aliphatic carbocycles. The van der Waals surface area contributed by atoms with Crippen LogP contribution in [-0.2, 0) is 9.47 Å². The third-order valence-electron chi connectivity index (χ3n) is 5.06. The lowest BCUT2D eigenvalue weighted by molar-refractivity contribution is 0.00821. The van der Waals surface area contributed by atoms with Gasteiger partial charge in [-0.05, 0) is 63.5 Å². The molecule has 1 N–H and O–H groups in total. The normalized spacial score (nSPS) is 15.7. The Hall–Kier alpha value is -1.79. The van der Waals surface area contributed by atoms with Crippen LogP contribution >= 0.6 is 0 Å². The quantitative estimate of drug-likeness (QED) is 0.463. The van der Waals surface area contributed by atoms with E-state index in [1.807, 2.05) is 31.2 Å². The van der Waals surface area contributed by atoms with Gasteiger partial charge in [0, 0.05) is 18.8 Å². The summed E-state index contributed by atoms with van der Waals surface area (Å²) in [5.41, 5.74) is 0.696. The minimum atomic E-state index is -0.444. The maximum Gasteiger partial charge on any atom is 0.412 e. The molecule has 1 aliphatic rings. The molecule has 1 atom stereocenters. The van der Waals surface area contributed by atoms with Gasteiger partial charge in [0.05, 0.1) is 13.2 Å². The van der Waals surface area contributed by atoms with Crippen molar-refractivity contribution in [3.63, 3.8) is 0 Å². The van der Waals surface area contributed by atoms with E-state index in [4.69, 9.17) is 14.2 Å². The third-order valence-corrected chi connectivity index (χ3v) is 5.06. The van der Waals surface area contributed by atoms with Crippen molar-refractivity contribution in [2.45, 2.75) is 64.9 Å². The van der Waals surface area contributed by atoms with Gasteiger partial charge in [-0.15, -0.1) is 0 Å². The number of nitrogens with one attached hydrogen (secondary N) is 1. The standard InChI is InChI=1S/C23H38N2O4/c1-3-5-6-10-17-28-21-13-11-20(12-14-21)24-23(26)29-22(19-27-4-2)18-25-15-8-7-9-16-25/h11-14,22H,3-10,15-19H2,1-2H3,(H,24,26). The Morgan fingerprint density at radius 1 is 1.07 bits per heavy atom. The SMILES string of the molecule is CCCCCCOc1ccc(NC(=O)OC(COCC)CN2CCCCC2)cc1. The van der Waals surface area contributed by atoms with Gasteiger partial charge in [-0.2, -0.15) is 0 Å². The van der Waals surface area contributed by atoms with Crippen LogP contribution in [0.3, 0.4) is 0 Å². The van der Waals surface area contributed by atoms with Gasteiger partial charge in [0.25, 0.3) is 0 Å². The van der Waals surface area contributed by atoms with Gasteiger partial charge in [0.15, 0.2) is 0 Å². The molecule has 164 valence electrons. The molecular formula is C23H38N2O4. The molecule has 0 spiro atoms. The van der Waals surface area contributed by atoms with E-state index in [2.05, 4.69) is 17.1 Å². The Kier molecular flexibility index (Phi) is 11.5. The van der Waals surface area contributed by atoms with E-state index in [0.29, 0.717) is 18.9 Å². The van der Waals surface area contributed by atoms with E-state index in [-0.39, 0.29) is 6.10 Å². The number of rotatable bonds is 13. The number of piperidine rings is 1. The van der Waals surface area contributed by atoms with Crippen LogP contribution in [0.5, 0.6) is 5.75 Å². The maximum absolute atomic E-state index is 12.3. The van der Waals surface area contributed by atoms with Crippen LogP contribution in [0.2, 0.25) is 0 Å². The molecule has 1 heterocycles. The summed E-state index contributed by atoms with van der Waals surface area (Å²) in [4.78, 5) is 14.7. The summed E-state index contributed by atoms with van der Waals surface area (Å²) in [5.74, 6) is 0.819. The second-order valence-corrected chi connectivity index (χ2v) is 7.61. The number of unbranched alkanes of at least 4 members (excludes halogenated alkanes) is 3. The third kappa shape index (κ3) is 9.99. The number of ether oxygens (including phenoxy) is 3. The fourth-order valence-electron chi connectivity index (χ4n) is 3.46. The summed E-state index contributed by atoms with van der Waals surface area (Å²) in [5, 5.41) is 2.81. The summed E-state index contributed by atoms with van der Waals surface area (Å²) < 4.78 is 16.9. The fraction of sp³-hybridized carbons (Fsp3) is 0.696. The van der Waals surface area contributed by atoms with E-state index in [9.17, 15) is 4.79 Å². The summed E-state index contributed by atoms with van der Waals surface area (Å²) in [6.07, 6.45) is 7.73. The summed E-state index contributed by atoms with van der Waals surface area (Å²) in [7, 11) is 0. The van der Waals surface area contributed by atoms with Crippen molar-refractivity contribution in [2.24, 2.45) is 0 Å². The van der Waals surface area contributed by atoms with E-state index in [0.717, 1.165) is 38.4 Å². The van der Waals surface area contributed by atoms with Crippen molar-refractivity contribution in [2.75, 3.05) is 44.8 Å². The Labute approximate surface area is 175 Å². The first kappa shape index (κ1) is 23.5. The molecule has 1 aromatic carbocycles. The van der Waals surface area contributed by atoms with Crippen molar-refractivity contribution in [1.29, 1.82) is 0 Å². The first-order valence-electron chi connectivity index (χ1n) is 11.2. The highest BCUT2D eigenvalue weighted by atomic mass is 16.6. The van der Waals surface area contributed by atoms with Gasteiger partial charge < -0.3 is 14.2 Å². The largest absolute Gasteiger partial charge is 0.494 e. The average molecular weight is 407 g/mol. The van der Waals surface area contributed by atoms with Gasteiger partial charge in [-0.3, -0.25) is 10.2 Å². The summed E-state index contributed by atoms with van der Waals surface area (Å²) in [6, 6.07) is 7.43. The van der Waals surface area contributed by atoms with Gasteiger partial charge in [0.2, 0.25) is 0 Å². The number of hydrogen-bond donors (Lipinski definition) is 1. The molecule has 2 rings (SSSR count). The number of carbonyl (C=O) groups excluding carboxylic acids is 1. The predicted molar refractivity (Wildman–Crippen MR) is 117 cm³/mol. The summed E-state index contributed by atoms with van der Waals surface area (Å²) >= 11 is 0. The van der Waals surface area contributed by atoms with Gasteiger partial charge in [-0.1, -0.05) is 32.6 Å². The lowest BCUT2D eigenvalue weighted by Gasteiger charge is -2.30. The van der Waals surface area contributed by atoms with Gasteiger partial charge in [0.1, 0.15) is 11.9 Å². The van der Waals surface area contributed by atoms with E-state index in [1.165, 1.54) is 38.5 Å². The van der Waals surface area contributed by atoms with Crippen LogP contribution in [0.4, 0.5) is 10.5 Å². The molecule has 1 amide bonds. The molecule has 1 fully saturated rings. The average Bonchev–Trinajstić information content (AvgIpc) is 2.74. The molecule has 0 aromatic heterocycles. The first-order chi connectivity index (χ1) is 14.2. The number of anilines is 1. The Balaban J connectivity index is 1.75. The Morgan fingerprint density at radius 2 is 1.83 bits per heavy atom. The monoisotopic (exact) mass is 406 g/mol. The highest BCUT2D eigenvalue weighted by Crippen LogP contribution is 2.17. The van der Waals surface area contributed by atoms with Crippen LogP contribution in [-0.4, -0.2) is 56.6 Å². The predicted octanol–water partition coefficient (Wildman–Crippen LogP) is 5.09. The topological polar surface area (TPSA) is 60.0 Å². The molecular weight excluding hydrogens is 368 g/mol. The second kappa shape index (κ2) is 14.2. The maximum atomic E-state index is 12.3. The molecule has 6 nitrogen and oxygen atoms in total. The minimum absolute atomic E-state index is 0.265. The lowest BCUT2D eigenvalue weighted by atomic mass is 10.1. The molecule has 1 aromatic rings. The van der Waals surface area contributed by atoms with E-state index < -0.39 is 6.09 Å². The highest BCUT2D eigenvalue weighted by Gasteiger charge is 2.20. The number of likely N-dealkylation sites (tertiary alicyclic amines) is 1. The highest BCUT2D eigenvalue weighted by molar-refractivity contribution is 5.84. The van der Waals surface area contributed by atoms with Crippen LogP contribution in [0.1, 0.15) is 58.8 Å². The molecule has 6 heteroatoms. The minimum Gasteiger partial charge on any atom is -0.494 e. The second-order valence-electron chi connectivity index (χ2n) is 7.61. The van der Waals surface area contributed by atoms with Gasteiger partial charge >= 0.3 is 6.09 Å². The summed E-state index contributed by atoms with van der Waals surface area (Å²) in [6.45, 7) is 8.76. The molecule has 29 heavy (non-hydrogen) atoms. The number of hydrogen-bond acceptors (Lipinski definition) is 5. The smallest absolute Gasteiger partial charge is 0.412 e. The Morgan fingerprint density at radius 3 is 2.52 bits per heavy atom.